The lowest BCUT2D eigenvalue weighted by Crippen LogP contribution is -2.30. The Morgan fingerprint density at radius 2 is 1.61 bits per heavy atom. The second-order valence-corrected chi connectivity index (χ2v) is 8.20. The average molecular weight is 483 g/mol. The molecule has 0 radical (unpaired) electrons. The summed E-state index contributed by atoms with van der Waals surface area (Å²) >= 11 is 0. The number of primary amides is 1. The van der Waals surface area contributed by atoms with Gasteiger partial charge in [0.2, 0.25) is 11.8 Å². The summed E-state index contributed by atoms with van der Waals surface area (Å²) in [5.41, 5.74) is 7.21. The third kappa shape index (κ3) is 3.49. The largest absolute Gasteiger partial charge is 0.493 e. The molecule has 0 saturated carbocycles. The molecule has 3 N–H and O–H groups in total. The maximum Gasteiger partial charge on any atom is 0.263 e. The van der Waals surface area contributed by atoms with Crippen LogP contribution in [0.5, 0.6) is 11.5 Å². The summed E-state index contributed by atoms with van der Waals surface area (Å²) in [7, 11) is 2.86. The van der Waals surface area contributed by atoms with Gasteiger partial charge in [-0.1, -0.05) is 24.3 Å². The van der Waals surface area contributed by atoms with Crippen molar-refractivity contribution in [1.29, 1.82) is 0 Å². The average Bonchev–Trinajstić information content (AvgIpc) is 3.18. The van der Waals surface area contributed by atoms with Gasteiger partial charge >= 0.3 is 0 Å². The SMILES string of the molecule is COc1ccc2c3c(n(CC(=O)Nc4ccc(C(N)=O)cc4)c(=O)c2c1OC)-c1ccccc1C3=O. The fourth-order valence-electron chi connectivity index (χ4n) is 4.59. The number of nitrogens with one attached hydrogen (secondary N) is 1. The number of ether oxygens (including phenoxy) is 2. The Hall–Kier alpha value is -4.92. The van der Waals surface area contributed by atoms with Crippen LogP contribution < -0.4 is 26.1 Å². The fraction of sp³-hybridized carbons (Fsp3) is 0.111. The Balaban J connectivity index is 1.68. The van der Waals surface area contributed by atoms with Crippen LogP contribution in [0, 0.1) is 0 Å². The van der Waals surface area contributed by atoms with E-state index in [-0.39, 0.29) is 23.5 Å². The molecule has 0 unspecified atom stereocenters. The highest BCUT2D eigenvalue weighted by molar-refractivity contribution is 6.27. The minimum atomic E-state index is -0.584. The van der Waals surface area contributed by atoms with Gasteiger partial charge in [-0.2, -0.15) is 0 Å². The highest BCUT2D eigenvalue weighted by atomic mass is 16.5. The number of anilines is 1. The number of rotatable bonds is 6. The second kappa shape index (κ2) is 8.70. The van der Waals surface area contributed by atoms with Gasteiger partial charge in [0.15, 0.2) is 17.3 Å². The Kier molecular flexibility index (Phi) is 5.52. The standard InChI is InChI=1S/C27H21N3O6/c1-35-19-12-11-18-21-23(16-5-3-4-6-17(16)24(21)32)30(27(34)22(18)25(19)36-2)13-20(31)29-15-9-7-14(8-10-15)26(28)33/h3-12H,13H2,1-2H3,(H2,28,33)(H,29,31). The van der Waals surface area contributed by atoms with E-state index in [0.29, 0.717) is 44.8 Å². The van der Waals surface area contributed by atoms with Crippen molar-refractivity contribution in [3.8, 4) is 22.8 Å². The lowest BCUT2D eigenvalue weighted by atomic mass is 10.0. The van der Waals surface area contributed by atoms with Crippen LogP contribution in [0.1, 0.15) is 26.3 Å². The molecule has 2 amide bonds. The van der Waals surface area contributed by atoms with Crippen molar-refractivity contribution < 1.29 is 23.9 Å². The number of benzene rings is 3. The molecule has 5 rings (SSSR count). The molecule has 0 atom stereocenters. The maximum atomic E-state index is 13.8. The summed E-state index contributed by atoms with van der Waals surface area (Å²) in [6.07, 6.45) is 0. The van der Waals surface area contributed by atoms with E-state index in [4.69, 9.17) is 15.2 Å². The molecule has 0 saturated heterocycles. The van der Waals surface area contributed by atoms with E-state index < -0.39 is 17.4 Å². The van der Waals surface area contributed by atoms with Gasteiger partial charge in [-0.05, 0) is 36.4 Å². The summed E-state index contributed by atoms with van der Waals surface area (Å²) in [6.45, 7) is -0.364. The molecule has 0 bridgehead atoms. The molecule has 0 spiro atoms. The number of pyridine rings is 1. The van der Waals surface area contributed by atoms with Gasteiger partial charge in [0, 0.05) is 27.8 Å². The minimum absolute atomic E-state index is 0.148. The molecule has 4 aromatic rings. The number of fused-ring (bicyclic) bond motifs is 5. The van der Waals surface area contributed by atoms with Crippen LogP contribution in [0.25, 0.3) is 22.0 Å². The van der Waals surface area contributed by atoms with Crippen LogP contribution in [0.2, 0.25) is 0 Å². The first-order chi connectivity index (χ1) is 17.3. The molecule has 9 heteroatoms. The Morgan fingerprint density at radius 1 is 0.917 bits per heavy atom. The predicted octanol–water partition coefficient (Wildman–Crippen LogP) is 2.97. The predicted molar refractivity (Wildman–Crippen MR) is 134 cm³/mol. The van der Waals surface area contributed by atoms with Gasteiger partial charge < -0.3 is 20.5 Å². The molecule has 1 aliphatic carbocycles. The topological polar surface area (TPSA) is 130 Å². The van der Waals surface area contributed by atoms with E-state index >= 15 is 0 Å². The molecular formula is C27H21N3O6. The zero-order valence-electron chi connectivity index (χ0n) is 19.5. The van der Waals surface area contributed by atoms with Crippen molar-refractivity contribution in [1.82, 2.24) is 4.57 Å². The van der Waals surface area contributed by atoms with Gasteiger partial charge in [-0.3, -0.25) is 23.7 Å². The maximum absolute atomic E-state index is 13.8. The summed E-state index contributed by atoms with van der Waals surface area (Å²) < 4.78 is 12.2. The number of ketones is 1. The van der Waals surface area contributed by atoms with Crippen LogP contribution >= 0.6 is 0 Å². The Labute approximate surface area is 205 Å². The summed E-state index contributed by atoms with van der Waals surface area (Å²) in [4.78, 5) is 51.7. The van der Waals surface area contributed by atoms with Crippen molar-refractivity contribution in [2.45, 2.75) is 6.54 Å². The van der Waals surface area contributed by atoms with Gasteiger partial charge in [-0.25, -0.2) is 0 Å². The molecule has 1 heterocycles. The number of amides is 2. The minimum Gasteiger partial charge on any atom is -0.493 e. The van der Waals surface area contributed by atoms with Gasteiger partial charge in [0.05, 0.1) is 30.9 Å². The lowest BCUT2D eigenvalue weighted by molar-refractivity contribution is -0.116. The fourth-order valence-corrected chi connectivity index (χ4v) is 4.59. The molecular weight excluding hydrogens is 462 g/mol. The molecule has 180 valence electrons. The van der Waals surface area contributed by atoms with Crippen LogP contribution in [-0.4, -0.2) is 36.4 Å². The van der Waals surface area contributed by atoms with Crippen LogP contribution in [-0.2, 0) is 11.3 Å². The molecule has 0 fully saturated rings. The van der Waals surface area contributed by atoms with Gasteiger partial charge in [0.1, 0.15) is 6.54 Å². The zero-order chi connectivity index (χ0) is 25.6. The lowest BCUT2D eigenvalue weighted by Gasteiger charge is -2.17. The van der Waals surface area contributed by atoms with E-state index in [0.717, 1.165) is 0 Å². The summed E-state index contributed by atoms with van der Waals surface area (Å²) in [5, 5.41) is 3.29. The number of methoxy groups -OCH3 is 2. The highest BCUT2D eigenvalue weighted by Crippen LogP contribution is 2.43. The zero-order valence-corrected chi connectivity index (χ0v) is 19.5. The highest BCUT2D eigenvalue weighted by Gasteiger charge is 2.34. The first-order valence-electron chi connectivity index (χ1n) is 11.0. The molecule has 0 aliphatic heterocycles. The van der Waals surface area contributed by atoms with Crippen molar-refractivity contribution in [2.24, 2.45) is 5.73 Å². The van der Waals surface area contributed by atoms with Crippen LogP contribution in [0.3, 0.4) is 0 Å². The first kappa shape index (κ1) is 22.9. The first-order valence-corrected chi connectivity index (χ1v) is 11.0. The normalized spacial score (nSPS) is 11.7. The number of hydrogen-bond acceptors (Lipinski definition) is 6. The number of hydrogen-bond donors (Lipinski definition) is 2. The van der Waals surface area contributed by atoms with E-state index in [1.807, 2.05) is 0 Å². The molecule has 36 heavy (non-hydrogen) atoms. The smallest absolute Gasteiger partial charge is 0.263 e. The van der Waals surface area contributed by atoms with Crippen molar-refractivity contribution in [2.75, 3.05) is 19.5 Å². The summed E-state index contributed by atoms with van der Waals surface area (Å²) in [6, 6.07) is 16.3. The van der Waals surface area contributed by atoms with E-state index in [2.05, 4.69) is 5.32 Å². The number of nitrogens with zero attached hydrogens (tertiary/aromatic N) is 1. The number of nitrogens with two attached hydrogens (primary N) is 1. The molecule has 3 aromatic carbocycles. The van der Waals surface area contributed by atoms with Crippen molar-refractivity contribution in [3.05, 3.63) is 87.7 Å². The van der Waals surface area contributed by atoms with E-state index in [1.165, 1.54) is 43.1 Å². The van der Waals surface area contributed by atoms with Gasteiger partial charge in [0.25, 0.3) is 5.56 Å². The van der Waals surface area contributed by atoms with Crippen LogP contribution in [0.15, 0.2) is 65.5 Å². The monoisotopic (exact) mass is 483 g/mol. The van der Waals surface area contributed by atoms with E-state index in [9.17, 15) is 19.2 Å². The van der Waals surface area contributed by atoms with Crippen LogP contribution in [0.4, 0.5) is 5.69 Å². The quantitative estimate of drug-likeness (QED) is 0.382. The number of carbonyl (C=O) groups excluding carboxylic acids is 3. The third-order valence-corrected chi connectivity index (χ3v) is 6.19. The van der Waals surface area contributed by atoms with E-state index in [1.54, 1.807) is 36.4 Å². The second-order valence-electron chi connectivity index (χ2n) is 8.20. The van der Waals surface area contributed by atoms with Crippen molar-refractivity contribution >= 4 is 34.1 Å². The molecule has 9 nitrogen and oxygen atoms in total. The molecule has 1 aliphatic rings. The Bertz CT molecular complexity index is 1640. The number of carbonyl (C=O) groups is 3. The molecule has 1 aromatic heterocycles. The third-order valence-electron chi connectivity index (χ3n) is 6.19. The Morgan fingerprint density at radius 3 is 2.25 bits per heavy atom. The van der Waals surface area contributed by atoms with Crippen molar-refractivity contribution in [3.63, 3.8) is 0 Å². The van der Waals surface area contributed by atoms with Gasteiger partial charge in [-0.15, -0.1) is 0 Å². The number of aromatic nitrogens is 1. The summed E-state index contributed by atoms with van der Waals surface area (Å²) in [5.74, 6) is -0.810.